The fourth-order valence-corrected chi connectivity index (χ4v) is 1.94. The number of hydrogen-bond donors (Lipinski definition) is 2. The van der Waals surface area contributed by atoms with Gasteiger partial charge < -0.3 is 10.1 Å². The molecule has 0 heterocycles. The monoisotopic (exact) mass is 341 g/mol. The van der Waals surface area contributed by atoms with Crippen molar-refractivity contribution in [1.82, 2.24) is 10.7 Å². The van der Waals surface area contributed by atoms with Crippen molar-refractivity contribution in [3.8, 4) is 5.75 Å². The van der Waals surface area contributed by atoms with Gasteiger partial charge >= 0.3 is 0 Å². The summed E-state index contributed by atoms with van der Waals surface area (Å²) in [6.07, 6.45) is 3.39. The topological polar surface area (TPSA) is 45.6 Å². The molecule has 0 radical (unpaired) electrons. The van der Waals surface area contributed by atoms with Crippen molar-refractivity contribution in [3.63, 3.8) is 0 Å². The number of nitrogens with zero attached hydrogens (tertiary/aromatic N) is 1. The Morgan fingerprint density at radius 3 is 3.00 bits per heavy atom. The summed E-state index contributed by atoms with van der Waals surface area (Å²) in [6.45, 7) is 6.82. The van der Waals surface area contributed by atoms with Crippen molar-refractivity contribution in [2.75, 3.05) is 13.2 Å². The van der Waals surface area contributed by atoms with E-state index < -0.39 is 0 Å². The van der Waals surface area contributed by atoms with Gasteiger partial charge in [0, 0.05) is 6.54 Å². The molecule has 0 amide bonds. The number of thiocarbonyl (C=S) groups is 1. The first-order chi connectivity index (χ1) is 9.17. The Morgan fingerprint density at radius 1 is 1.58 bits per heavy atom. The van der Waals surface area contributed by atoms with E-state index >= 15 is 0 Å². The molecule has 0 spiro atoms. The maximum absolute atomic E-state index is 5.46. The maximum Gasteiger partial charge on any atom is 0.186 e. The molecule has 2 N–H and O–H groups in total. The molecule has 6 heteroatoms. The molecule has 0 aliphatic heterocycles. The fourth-order valence-electron chi connectivity index (χ4n) is 1.23. The van der Waals surface area contributed by atoms with E-state index in [0.717, 1.165) is 22.3 Å². The molecular formula is C13H16BrN3OS. The van der Waals surface area contributed by atoms with E-state index in [-0.39, 0.29) is 0 Å². The molecule has 0 aromatic heterocycles. The van der Waals surface area contributed by atoms with E-state index in [1.807, 2.05) is 25.1 Å². The molecule has 1 aromatic carbocycles. The van der Waals surface area contributed by atoms with Gasteiger partial charge in [-0.15, -0.1) is 0 Å². The molecule has 0 saturated heterocycles. The lowest BCUT2D eigenvalue weighted by atomic mass is 10.2. The second-order valence-corrected chi connectivity index (χ2v) is 4.78. The van der Waals surface area contributed by atoms with Gasteiger partial charge in [0.25, 0.3) is 0 Å². The standard InChI is InChI=1S/C13H16BrN3OS/c1-3-7-18-12-6-5-10(8-11(12)14)9-16-17-13(19)15-4-2/h3,5-6,8-9H,1,4,7H2,2H3,(H2,15,17,19)/b16-9-. The zero-order valence-corrected chi connectivity index (χ0v) is 13.1. The van der Waals surface area contributed by atoms with Gasteiger partial charge in [0.05, 0.1) is 10.7 Å². The normalized spacial score (nSPS) is 10.2. The molecule has 0 aliphatic carbocycles. The van der Waals surface area contributed by atoms with Crippen molar-refractivity contribution >= 4 is 39.5 Å². The minimum Gasteiger partial charge on any atom is -0.488 e. The van der Waals surface area contributed by atoms with Crippen LogP contribution in [0.2, 0.25) is 0 Å². The third-order valence-electron chi connectivity index (χ3n) is 2.03. The number of hydrazone groups is 1. The lowest BCUT2D eigenvalue weighted by Crippen LogP contribution is -2.31. The first kappa shape index (κ1) is 15.7. The molecule has 102 valence electrons. The minimum absolute atomic E-state index is 0.477. The van der Waals surface area contributed by atoms with Crippen LogP contribution in [0.3, 0.4) is 0 Å². The summed E-state index contributed by atoms with van der Waals surface area (Å²) in [4.78, 5) is 0. The zero-order chi connectivity index (χ0) is 14.1. The van der Waals surface area contributed by atoms with Crippen LogP contribution >= 0.6 is 28.1 Å². The Hall–Kier alpha value is -1.40. The zero-order valence-electron chi connectivity index (χ0n) is 10.6. The molecule has 1 aromatic rings. The summed E-state index contributed by atoms with van der Waals surface area (Å²) in [5.74, 6) is 0.771. The van der Waals surface area contributed by atoms with E-state index in [1.54, 1.807) is 12.3 Å². The molecular weight excluding hydrogens is 326 g/mol. The van der Waals surface area contributed by atoms with Crippen LogP contribution in [-0.4, -0.2) is 24.5 Å². The van der Waals surface area contributed by atoms with Gasteiger partial charge in [-0.1, -0.05) is 12.7 Å². The third kappa shape index (κ3) is 5.85. The summed E-state index contributed by atoms with van der Waals surface area (Å²) in [5, 5.41) is 7.48. The van der Waals surface area contributed by atoms with Crippen LogP contribution in [0.5, 0.6) is 5.75 Å². The Kier molecular flexibility index (Phi) is 7.14. The van der Waals surface area contributed by atoms with Crippen LogP contribution in [-0.2, 0) is 0 Å². The second-order valence-electron chi connectivity index (χ2n) is 3.52. The summed E-state index contributed by atoms with van der Waals surface area (Å²) in [5.41, 5.74) is 3.67. The van der Waals surface area contributed by atoms with Gasteiger partial charge in [-0.2, -0.15) is 5.10 Å². The maximum atomic E-state index is 5.46. The van der Waals surface area contributed by atoms with Gasteiger partial charge in [0.2, 0.25) is 0 Å². The van der Waals surface area contributed by atoms with E-state index in [4.69, 9.17) is 17.0 Å². The van der Waals surface area contributed by atoms with Crippen LogP contribution in [0.25, 0.3) is 0 Å². The molecule has 0 unspecified atom stereocenters. The molecule has 0 atom stereocenters. The van der Waals surface area contributed by atoms with Crippen LogP contribution < -0.4 is 15.5 Å². The summed E-state index contributed by atoms with van der Waals surface area (Å²) < 4.78 is 6.33. The summed E-state index contributed by atoms with van der Waals surface area (Å²) in [6, 6.07) is 5.70. The average molecular weight is 342 g/mol. The lowest BCUT2D eigenvalue weighted by molar-refractivity contribution is 0.361. The molecule has 0 saturated carbocycles. The number of ether oxygens (including phenoxy) is 1. The van der Waals surface area contributed by atoms with Crippen LogP contribution in [0.15, 0.2) is 40.4 Å². The first-order valence-electron chi connectivity index (χ1n) is 5.77. The summed E-state index contributed by atoms with van der Waals surface area (Å²) in [7, 11) is 0. The van der Waals surface area contributed by atoms with Crippen molar-refractivity contribution in [1.29, 1.82) is 0 Å². The van der Waals surface area contributed by atoms with Gasteiger partial charge in [-0.05, 0) is 58.8 Å². The number of nitrogens with one attached hydrogen (secondary N) is 2. The number of hydrogen-bond acceptors (Lipinski definition) is 3. The Bertz CT molecular complexity index is 477. The Balaban J connectivity index is 2.60. The van der Waals surface area contributed by atoms with Crippen LogP contribution in [0.4, 0.5) is 0 Å². The predicted molar refractivity (Wildman–Crippen MR) is 86.8 cm³/mol. The molecule has 1 rings (SSSR count). The van der Waals surface area contributed by atoms with Gasteiger partial charge in [-0.3, -0.25) is 5.43 Å². The Morgan fingerprint density at radius 2 is 2.37 bits per heavy atom. The van der Waals surface area contributed by atoms with Crippen molar-refractivity contribution < 1.29 is 4.74 Å². The molecule has 0 bridgehead atoms. The predicted octanol–water partition coefficient (Wildman–Crippen LogP) is 2.83. The van der Waals surface area contributed by atoms with Crippen molar-refractivity contribution in [2.45, 2.75) is 6.92 Å². The van der Waals surface area contributed by atoms with Gasteiger partial charge in [-0.25, -0.2) is 0 Å². The fraction of sp³-hybridized carbons (Fsp3) is 0.231. The highest BCUT2D eigenvalue weighted by atomic mass is 79.9. The number of benzene rings is 1. The molecule has 19 heavy (non-hydrogen) atoms. The van der Waals surface area contributed by atoms with Crippen molar-refractivity contribution in [2.24, 2.45) is 5.10 Å². The highest BCUT2D eigenvalue weighted by Crippen LogP contribution is 2.25. The first-order valence-corrected chi connectivity index (χ1v) is 6.97. The highest BCUT2D eigenvalue weighted by molar-refractivity contribution is 9.10. The van der Waals surface area contributed by atoms with Crippen molar-refractivity contribution in [3.05, 3.63) is 40.9 Å². The highest BCUT2D eigenvalue weighted by Gasteiger charge is 2.00. The SMILES string of the molecule is C=CCOc1ccc(/C=N\NC(=S)NCC)cc1Br. The quantitative estimate of drug-likeness (QED) is 0.361. The minimum atomic E-state index is 0.477. The summed E-state index contributed by atoms with van der Waals surface area (Å²) >= 11 is 8.43. The van der Waals surface area contributed by atoms with Gasteiger partial charge in [0.15, 0.2) is 5.11 Å². The number of rotatable bonds is 6. The van der Waals surface area contributed by atoms with E-state index in [9.17, 15) is 0 Å². The molecule has 4 nitrogen and oxygen atoms in total. The largest absolute Gasteiger partial charge is 0.488 e. The molecule has 0 fully saturated rings. The average Bonchev–Trinajstić information content (AvgIpc) is 2.38. The molecule has 0 aliphatic rings. The van der Waals surface area contributed by atoms with Gasteiger partial charge in [0.1, 0.15) is 12.4 Å². The smallest absolute Gasteiger partial charge is 0.186 e. The van der Waals surface area contributed by atoms with E-state index in [1.165, 1.54) is 0 Å². The lowest BCUT2D eigenvalue weighted by Gasteiger charge is -2.06. The van der Waals surface area contributed by atoms with Crippen LogP contribution in [0, 0.1) is 0 Å². The second kappa shape index (κ2) is 8.66. The number of halogens is 1. The Labute approximate surface area is 127 Å². The van der Waals surface area contributed by atoms with E-state index in [2.05, 4.69) is 38.4 Å². The third-order valence-corrected chi connectivity index (χ3v) is 2.89. The van der Waals surface area contributed by atoms with E-state index in [0.29, 0.717) is 11.7 Å². The van der Waals surface area contributed by atoms with Crippen LogP contribution in [0.1, 0.15) is 12.5 Å².